The van der Waals surface area contributed by atoms with E-state index in [2.05, 4.69) is 15.9 Å². The van der Waals surface area contributed by atoms with Gasteiger partial charge >= 0.3 is 5.97 Å². The van der Waals surface area contributed by atoms with E-state index in [0.29, 0.717) is 10.0 Å². The first-order valence-electron chi connectivity index (χ1n) is 6.62. The molecule has 0 aliphatic carbocycles. The number of hydrogen-bond donors (Lipinski definition) is 1. The minimum Gasteiger partial charge on any atom is -0.479 e. The van der Waals surface area contributed by atoms with Crippen molar-refractivity contribution in [1.82, 2.24) is 0 Å². The molecule has 0 atom stereocenters. The minimum atomic E-state index is -1.13. The maximum absolute atomic E-state index is 13.8. The Hall–Kier alpha value is -2.36. The van der Waals surface area contributed by atoms with Crippen molar-refractivity contribution in [2.75, 3.05) is 6.61 Å². The maximum Gasteiger partial charge on any atom is 0.341 e. The van der Waals surface area contributed by atoms with Gasteiger partial charge < -0.3 is 9.84 Å². The van der Waals surface area contributed by atoms with E-state index in [1.165, 1.54) is 30.3 Å². The third kappa shape index (κ3) is 4.34. The van der Waals surface area contributed by atoms with Gasteiger partial charge in [0.2, 0.25) is 0 Å². The number of carboxylic acid groups (broad SMARTS) is 1. The van der Waals surface area contributed by atoms with E-state index in [-0.39, 0.29) is 21.9 Å². The van der Waals surface area contributed by atoms with Gasteiger partial charge in [-0.2, -0.15) is 5.26 Å². The fourth-order valence-electron chi connectivity index (χ4n) is 1.95. The van der Waals surface area contributed by atoms with E-state index < -0.39 is 18.4 Å². The Kier molecular flexibility index (Phi) is 5.96. The zero-order chi connectivity index (χ0) is 17.7. The average molecular weight is 411 g/mol. The third-order valence-corrected chi connectivity index (χ3v) is 3.83. The highest BCUT2D eigenvalue weighted by Crippen LogP contribution is 2.35. The van der Waals surface area contributed by atoms with Crippen LogP contribution in [0, 0.1) is 17.1 Å². The zero-order valence-electron chi connectivity index (χ0n) is 12.1. The van der Waals surface area contributed by atoms with Crippen LogP contribution in [0.15, 0.2) is 40.9 Å². The molecule has 0 aromatic heterocycles. The molecule has 2 aromatic rings. The number of ether oxygens (including phenoxy) is 1. The topological polar surface area (TPSA) is 70.3 Å². The van der Waals surface area contributed by atoms with E-state index in [1.807, 2.05) is 6.07 Å². The molecule has 0 bridgehead atoms. The largest absolute Gasteiger partial charge is 0.479 e. The molecular formula is C17H10BrClFNO3. The van der Waals surface area contributed by atoms with Gasteiger partial charge in [0.05, 0.1) is 21.1 Å². The fourth-order valence-corrected chi connectivity index (χ4v) is 2.94. The van der Waals surface area contributed by atoms with Crippen LogP contribution in [0.2, 0.25) is 5.02 Å². The van der Waals surface area contributed by atoms with Gasteiger partial charge in [-0.3, -0.25) is 0 Å². The van der Waals surface area contributed by atoms with Crippen LogP contribution in [0.3, 0.4) is 0 Å². The fraction of sp³-hybridized carbons (Fsp3) is 0.0588. The van der Waals surface area contributed by atoms with Crippen LogP contribution < -0.4 is 4.74 Å². The monoisotopic (exact) mass is 409 g/mol. The Bertz CT molecular complexity index is 838. The molecule has 0 aliphatic rings. The number of rotatable bonds is 5. The first-order valence-corrected chi connectivity index (χ1v) is 7.80. The van der Waals surface area contributed by atoms with Crippen molar-refractivity contribution in [2.45, 2.75) is 0 Å². The van der Waals surface area contributed by atoms with Crippen LogP contribution >= 0.6 is 27.5 Å². The van der Waals surface area contributed by atoms with Crippen molar-refractivity contribution in [3.63, 3.8) is 0 Å². The summed E-state index contributed by atoms with van der Waals surface area (Å²) in [4.78, 5) is 10.6. The predicted molar refractivity (Wildman–Crippen MR) is 92.2 cm³/mol. The van der Waals surface area contributed by atoms with E-state index >= 15 is 0 Å². The number of carbonyl (C=O) groups is 1. The van der Waals surface area contributed by atoms with Gasteiger partial charge in [-0.05, 0) is 45.8 Å². The van der Waals surface area contributed by atoms with E-state index in [1.54, 1.807) is 12.1 Å². The molecular weight excluding hydrogens is 401 g/mol. The molecule has 0 amide bonds. The van der Waals surface area contributed by atoms with Crippen molar-refractivity contribution < 1.29 is 19.0 Å². The second kappa shape index (κ2) is 7.95. The molecule has 0 radical (unpaired) electrons. The van der Waals surface area contributed by atoms with Gasteiger partial charge in [-0.15, -0.1) is 0 Å². The summed E-state index contributed by atoms with van der Waals surface area (Å²) in [5, 5.41) is 18.1. The molecule has 0 aliphatic heterocycles. The van der Waals surface area contributed by atoms with Crippen molar-refractivity contribution >= 4 is 45.1 Å². The van der Waals surface area contributed by atoms with Gasteiger partial charge in [0.15, 0.2) is 12.4 Å². The van der Waals surface area contributed by atoms with Crippen molar-refractivity contribution in [3.05, 3.63) is 62.8 Å². The zero-order valence-corrected chi connectivity index (χ0v) is 14.4. The molecule has 0 saturated carbocycles. The molecule has 7 heteroatoms. The first kappa shape index (κ1) is 18.0. The van der Waals surface area contributed by atoms with Gasteiger partial charge in [-0.1, -0.05) is 29.8 Å². The van der Waals surface area contributed by atoms with Crippen LogP contribution in [0.1, 0.15) is 11.1 Å². The maximum atomic E-state index is 13.8. The molecule has 122 valence electrons. The van der Waals surface area contributed by atoms with E-state index in [9.17, 15) is 14.4 Å². The van der Waals surface area contributed by atoms with Crippen LogP contribution in [-0.4, -0.2) is 17.7 Å². The van der Waals surface area contributed by atoms with E-state index in [0.717, 1.165) is 0 Å². The molecule has 24 heavy (non-hydrogen) atoms. The lowest BCUT2D eigenvalue weighted by atomic mass is 10.0. The lowest BCUT2D eigenvalue weighted by Gasteiger charge is -2.09. The van der Waals surface area contributed by atoms with Crippen LogP contribution in [0.5, 0.6) is 5.75 Å². The number of carboxylic acids is 1. The minimum absolute atomic E-state index is 0.135. The summed E-state index contributed by atoms with van der Waals surface area (Å²) in [6.07, 6.45) is 1.48. The molecule has 2 aromatic carbocycles. The first-order chi connectivity index (χ1) is 11.4. The summed E-state index contributed by atoms with van der Waals surface area (Å²) in [6, 6.07) is 11.0. The lowest BCUT2D eigenvalue weighted by molar-refractivity contribution is -0.139. The molecule has 0 unspecified atom stereocenters. The number of nitriles is 1. The van der Waals surface area contributed by atoms with E-state index in [4.69, 9.17) is 21.4 Å². The summed E-state index contributed by atoms with van der Waals surface area (Å²) in [5.41, 5.74) is 0.850. The molecule has 2 rings (SSSR count). The number of allylic oxidation sites excluding steroid dienone is 1. The van der Waals surface area contributed by atoms with Crippen LogP contribution in [0.4, 0.5) is 4.39 Å². The van der Waals surface area contributed by atoms with Gasteiger partial charge in [-0.25, -0.2) is 9.18 Å². The van der Waals surface area contributed by atoms with Gasteiger partial charge in [0.1, 0.15) is 5.82 Å². The molecule has 1 N–H and O–H groups in total. The smallest absolute Gasteiger partial charge is 0.341 e. The summed E-state index contributed by atoms with van der Waals surface area (Å²) < 4.78 is 19.3. The number of halogens is 3. The molecule has 0 fully saturated rings. The highest BCUT2D eigenvalue weighted by Gasteiger charge is 2.12. The SMILES string of the molecule is N#C/C(=C/c1cc(Cl)c(OCC(=O)O)c(Br)c1)c1ccccc1F. The molecule has 4 nitrogen and oxygen atoms in total. The Morgan fingerprint density at radius 1 is 1.42 bits per heavy atom. The molecule has 0 saturated heterocycles. The average Bonchev–Trinajstić information content (AvgIpc) is 2.52. The molecule has 0 spiro atoms. The van der Waals surface area contributed by atoms with Gasteiger partial charge in [0.25, 0.3) is 0 Å². The third-order valence-electron chi connectivity index (χ3n) is 2.96. The standard InChI is InChI=1S/C17H10BrClFNO3/c18-13-6-10(7-14(19)17(13)24-9-16(22)23)5-11(8-21)12-3-1-2-4-15(12)20/h1-7H,9H2,(H,22,23)/b11-5-. The van der Waals surface area contributed by atoms with Crippen LogP contribution in [-0.2, 0) is 4.79 Å². The summed E-state index contributed by atoms with van der Waals surface area (Å²) in [7, 11) is 0. The Labute approximate surface area is 150 Å². The second-order valence-corrected chi connectivity index (χ2v) is 5.91. The second-order valence-electron chi connectivity index (χ2n) is 4.65. The quantitative estimate of drug-likeness (QED) is 0.569. The normalized spacial score (nSPS) is 11.0. The van der Waals surface area contributed by atoms with Crippen molar-refractivity contribution in [3.8, 4) is 11.8 Å². The highest BCUT2D eigenvalue weighted by molar-refractivity contribution is 9.10. The highest BCUT2D eigenvalue weighted by atomic mass is 79.9. The van der Waals surface area contributed by atoms with Crippen molar-refractivity contribution in [1.29, 1.82) is 5.26 Å². The summed E-state index contributed by atoms with van der Waals surface area (Å²) in [6.45, 7) is -0.536. The summed E-state index contributed by atoms with van der Waals surface area (Å²) >= 11 is 9.33. The number of benzene rings is 2. The predicted octanol–water partition coefficient (Wildman–Crippen LogP) is 4.77. The Morgan fingerprint density at radius 3 is 2.71 bits per heavy atom. The number of nitrogens with zero attached hydrogens (tertiary/aromatic N) is 1. The molecule has 0 heterocycles. The summed E-state index contributed by atoms with van der Waals surface area (Å²) in [5.74, 6) is -1.45. The Balaban J connectivity index is 2.40. The lowest BCUT2D eigenvalue weighted by Crippen LogP contribution is -2.10. The number of aliphatic carboxylic acids is 1. The Morgan fingerprint density at radius 2 is 2.12 bits per heavy atom. The van der Waals surface area contributed by atoms with Crippen LogP contribution in [0.25, 0.3) is 11.6 Å². The van der Waals surface area contributed by atoms with Gasteiger partial charge in [0, 0.05) is 5.56 Å². The number of hydrogen-bond acceptors (Lipinski definition) is 3. The van der Waals surface area contributed by atoms with Crippen molar-refractivity contribution in [2.24, 2.45) is 0 Å².